The fraction of sp³-hybridized carbons (Fsp3) is 0.917. The van der Waals surface area contributed by atoms with E-state index in [9.17, 15) is 4.79 Å². The van der Waals surface area contributed by atoms with Gasteiger partial charge in [0.2, 0.25) is 0 Å². The SMILES string of the molecule is CCCNC1CCC(N2CCOC2=O)CC1. The van der Waals surface area contributed by atoms with E-state index in [1.807, 2.05) is 4.90 Å². The summed E-state index contributed by atoms with van der Waals surface area (Å²) in [6.07, 6.45) is 5.71. The molecule has 1 saturated heterocycles. The summed E-state index contributed by atoms with van der Waals surface area (Å²) >= 11 is 0. The number of carbonyl (C=O) groups excluding carboxylic acids is 1. The number of rotatable bonds is 4. The highest BCUT2D eigenvalue weighted by molar-refractivity contribution is 5.69. The average molecular weight is 226 g/mol. The Bertz CT molecular complexity index is 237. The zero-order valence-corrected chi connectivity index (χ0v) is 10.1. The number of hydrogen-bond acceptors (Lipinski definition) is 3. The number of ether oxygens (including phenoxy) is 1. The summed E-state index contributed by atoms with van der Waals surface area (Å²) < 4.78 is 4.98. The van der Waals surface area contributed by atoms with Crippen LogP contribution in [0.3, 0.4) is 0 Å². The zero-order valence-electron chi connectivity index (χ0n) is 10.1. The molecular weight excluding hydrogens is 204 g/mol. The Hall–Kier alpha value is -0.770. The van der Waals surface area contributed by atoms with Crippen molar-refractivity contribution in [3.63, 3.8) is 0 Å². The lowest BCUT2D eigenvalue weighted by atomic mass is 9.90. The summed E-state index contributed by atoms with van der Waals surface area (Å²) in [7, 11) is 0. The number of hydrogen-bond donors (Lipinski definition) is 1. The molecule has 0 aromatic carbocycles. The number of amides is 1. The van der Waals surface area contributed by atoms with Crippen molar-refractivity contribution in [1.82, 2.24) is 10.2 Å². The van der Waals surface area contributed by atoms with E-state index in [0.29, 0.717) is 18.7 Å². The second-order valence-corrected chi connectivity index (χ2v) is 4.77. The highest BCUT2D eigenvalue weighted by Gasteiger charge is 2.32. The van der Waals surface area contributed by atoms with Gasteiger partial charge in [0, 0.05) is 12.1 Å². The molecule has 0 aromatic rings. The Kier molecular flexibility index (Phi) is 4.04. The van der Waals surface area contributed by atoms with Crippen molar-refractivity contribution >= 4 is 6.09 Å². The largest absolute Gasteiger partial charge is 0.448 e. The summed E-state index contributed by atoms with van der Waals surface area (Å²) in [5.41, 5.74) is 0. The van der Waals surface area contributed by atoms with E-state index >= 15 is 0 Å². The normalized spacial score (nSPS) is 30.6. The fourth-order valence-electron chi connectivity index (χ4n) is 2.68. The molecule has 92 valence electrons. The Balaban J connectivity index is 1.74. The molecule has 1 aliphatic carbocycles. The molecule has 1 saturated carbocycles. The molecular formula is C12H22N2O2. The van der Waals surface area contributed by atoms with Crippen molar-refractivity contribution in [3.8, 4) is 0 Å². The second-order valence-electron chi connectivity index (χ2n) is 4.77. The molecule has 4 heteroatoms. The van der Waals surface area contributed by atoms with Gasteiger partial charge < -0.3 is 15.0 Å². The van der Waals surface area contributed by atoms with Gasteiger partial charge in [-0.3, -0.25) is 0 Å². The maximum Gasteiger partial charge on any atom is 0.410 e. The van der Waals surface area contributed by atoms with Crippen molar-refractivity contribution in [2.45, 2.75) is 51.1 Å². The van der Waals surface area contributed by atoms with E-state index in [0.717, 1.165) is 25.9 Å². The highest BCUT2D eigenvalue weighted by Crippen LogP contribution is 2.25. The average Bonchev–Trinajstić information content (AvgIpc) is 2.74. The first-order chi connectivity index (χ1) is 7.81. The third-order valence-electron chi connectivity index (χ3n) is 3.61. The number of carbonyl (C=O) groups is 1. The lowest BCUT2D eigenvalue weighted by molar-refractivity contribution is 0.135. The van der Waals surface area contributed by atoms with Crippen LogP contribution in [0.2, 0.25) is 0 Å². The zero-order chi connectivity index (χ0) is 11.4. The molecule has 0 bridgehead atoms. The van der Waals surface area contributed by atoms with E-state index in [-0.39, 0.29) is 6.09 Å². The molecule has 0 aromatic heterocycles. The molecule has 1 aliphatic heterocycles. The van der Waals surface area contributed by atoms with Crippen LogP contribution in [-0.4, -0.2) is 42.8 Å². The minimum absolute atomic E-state index is 0.107. The van der Waals surface area contributed by atoms with Crippen LogP contribution in [0.1, 0.15) is 39.0 Å². The van der Waals surface area contributed by atoms with E-state index < -0.39 is 0 Å². The first-order valence-corrected chi connectivity index (χ1v) is 6.48. The van der Waals surface area contributed by atoms with Crippen molar-refractivity contribution in [1.29, 1.82) is 0 Å². The smallest absolute Gasteiger partial charge is 0.410 e. The predicted octanol–water partition coefficient (Wildman–Crippen LogP) is 1.75. The molecule has 0 atom stereocenters. The predicted molar refractivity (Wildman–Crippen MR) is 62.4 cm³/mol. The molecule has 0 radical (unpaired) electrons. The van der Waals surface area contributed by atoms with Gasteiger partial charge in [-0.2, -0.15) is 0 Å². The number of nitrogens with one attached hydrogen (secondary N) is 1. The maximum atomic E-state index is 11.4. The summed E-state index contributed by atoms with van der Waals surface area (Å²) in [5, 5.41) is 3.56. The molecule has 1 amide bonds. The van der Waals surface area contributed by atoms with E-state index in [4.69, 9.17) is 4.74 Å². The van der Waals surface area contributed by atoms with Crippen LogP contribution in [-0.2, 0) is 4.74 Å². The van der Waals surface area contributed by atoms with E-state index in [1.54, 1.807) is 0 Å². The summed E-state index contributed by atoms with van der Waals surface area (Å²) in [4.78, 5) is 13.3. The van der Waals surface area contributed by atoms with Crippen LogP contribution >= 0.6 is 0 Å². The van der Waals surface area contributed by atoms with Crippen molar-refractivity contribution < 1.29 is 9.53 Å². The van der Waals surface area contributed by atoms with Gasteiger partial charge in [0.25, 0.3) is 0 Å². The minimum Gasteiger partial charge on any atom is -0.448 e. The first kappa shape index (κ1) is 11.7. The van der Waals surface area contributed by atoms with Crippen LogP contribution in [0.4, 0.5) is 4.79 Å². The van der Waals surface area contributed by atoms with Crippen LogP contribution in [0.25, 0.3) is 0 Å². The van der Waals surface area contributed by atoms with Gasteiger partial charge in [0.1, 0.15) is 6.61 Å². The molecule has 2 fully saturated rings. The lowest BCUT2D eigenvalue weighted by Crippen LogP contribution is -2.43. The molecule has 1 N–H and O–H groups in total. The van der Waals surface area contributed by atoms with Crippen molar-refractivity contribution in [2.75, 3.05) is 19.7 Å². The Morgan fingerprint density at radius 3 is 2.69 bits per heavy atom. The highest BCUT2D eigenvalue weighted by atomic mass is 16.6. The molecule has 0 spiro atoms. The Morgan fingerprint density at radius 1 is 1.38 bits per heavy atom. The standard InChI is InChI=1S/C12H22N2O2/c1-2-7-13-10-3-5-11(6-4-10)14-8-9-16-12(14)15/h10-11,13H,2-9H2,1H3. The van der Waals surface area contributed by atoms with Gasteiger partial charge in [0.05, 0.1) is 6.54 Å². The summed E-state index contributed by atoms with van der Waals surface area (Å²) in [5.74, 6) is 0. The molecule has 0 unspecified atom stereocenters. The topological polar surface area (TPSA) is 41.6 Å². The van der Waals surface area contributed by atoms with Gasteiger partial charge in [-0.15, -0.1) is 0 Å². The maximum absolute atomic E-state index is 11.4. The number of nitrogens with zero attached hydrogens (tertiary/aromatic N) is 1. The van der Waals surface area contributed by atoms with E-state index in [2.05, 4.69) is 12.2 Å². The minimum atomic E-state index is -0.107. The molecule has 1 heterocycles. The van der Waals surface area contributed by atoms with Gasteiger partial charge in [-0.25, -0.2) is 4.79 Å². The summed E-state index contributed by atoms with van der Waals surface area (Å²) in [6.45, 7) is 4.67. The summed E-state index contributed by atoms with van der Waals surface area (Å²) in [6, 6.07) is 1.09. The quantitative estimate of drug-likeness (QED) is 0.794. The second kappa shape index (κ2) is 5.53. The van der Waals surface area contributed by atoms with Crippen LogP contribution < -0.4 is 5.32 Å². The first-order valence-electron chi connectivity index (χ1n) is 6.48. The van der Waals surface area contributed by atoms with Gasteiger partial charge in [-0.1, -0.05) is 6.92 Å². The Labute approximate surface area is 97.3 Å². The van der Waals surface area contributed by atoms with Gasteiger partial charge in [-0.05, 0) is 38.6 Å². The molecule has 4 nitrogen and oxygen atoms in total. The fourth-order valence-corrected chi connectivity index (χ4v) is 2.68. The number of cyclic esters (lactones) is 1. The Morgan fingerprint density at radius 2 is 2.12 bits per heavy atom. The molecule has 2 aliphatic rings. The monoisotopic (exact) mass is 226 g/mol. The van der Waals surface area contributed by atoms with Gasteiger partial charge in [0.15, 0.2) is 0 Å². The molecule has 16 heavy (non-hydrogen) atoms. The lowest BCUT2D eigenvalue weighted by Gasteiger charge is -2.33. The van der Waals surface area contributed by atoms with Crippen molar-refractivity contribution in [3.05, 3.63) is 0 Å². The third-order valence-corrected chi connectivity index (χ3v) is 3.61. The van der Waals surface area contributed by atoms with Crippen LogP contribution in [0.15, 0.2) is 0 Å². The molecule has 2 rings (SSSR count). The van der Waals surface area contributed by atoms with E-state index in [1.165, 1.54) is 19.3 Å². The van der Waals surface area contributed by atoms with Gasteiger partial charge >= 0.3 is 6.09 Å². The van der Waals surface area contributed by atoms with Crippen LogP contribution in [0.5, 0.6) is 0 Å². The van der Waals surface area contributed by atoms with Crippen molar-refractivity contribution in [2.24, 2.45) is 0 Å². The third kappa shape index (κ3) is 2.67. The van der Waals surface area contributed by atoms with Crippen LogP contribution in [0, 0.1) is 0 Å².